The van der Waals surface area contributed by atoms with Crippen molar-refractivity contribution in [3.63, 3.8) is 0 Å². The van der Waals surface area contributed by atoms with Gasteiger partial charge in [-0.1, -0.05) is 0 Å². The molecule has 0 bridgehead atoms. The number of hydrogen-bond acceptors (Lipinski definition) is 6. The van der Waals surface area contributed by atoms with E-state index in [0.29, 0.717) is 12.3 Å². The summed E-state index contributed by atoms with van der Waals surface area (Å²) in [4.78, 5) is 24.6. The van der Waals surface area contributed by atoms with Crippen LogP contribution < -0.4 is 0 Å². The minimum atomic E-state index is -3.30. The van der Waals surface area contributed by atoms with Gasteiger partial charge in [0, 0.05) is 30.7 Å². The van der Waals surface area contributed by atoms with Crippen LogP contribution in [-0.4, -0.2) is 61.5 Å². The second-order valence-electron chi connectivity index (χ2n) is 4.25. The summed E-state index contributed by atoms with van der Waals surface area (Å²) in [5.41, 5.74) is 0. The molecule has 1 fully saturated rings. The SMILES string of the molecule is CCOC(=O)CCC(=O)N1CCSCC1S(C)(=O)=O. The van der Waals surface area contributed by atoms with Crippen LogP contribution in [0.25, 0.3) is 0 Å². The fourth-order valence-electron chi connectivity index (χ4n) is 1.81. The molecule has 1 atom stereocenters. The van der Waals surface area contributed by atoms with Crippen molar-refractivity contribution in [1.82, 2.24) is 4.90 Å². The molecule has 1 rings (SSSR count). The van der Waals surface area contributed by atoms with Crippen molar-refractivity contribution in [2.45, 2.75) is 25.1 Å². The summed E-state index contributed by atoms with van der Waals surface area (Å²) in [7, 11) is -3.30. The molecule has 6 nitrogen and oxygen atoms in total. The van der Waals surface area contributed by atoms with E-state index in [9.17, 15) is 18.0 Å². The lowest BCUT2D eigenvalue weighted by molar-refractivity contribution is -0.145. The molecule has 1 heterocycles. The van der Waals surface area contributed by atoms with Gasteiger partial charge in [0.1, 0.15) is 5.37 Å². The van der Waals surface area contributed by atoms with E-state index in [2.05, 4.69) is 0 Å². The predicted molar refractivity (Wildman–Crippen MR) is 73.5 cm³/mol. The Morgan fingerprint density at radius 1 is 1.37 bits per heavy atom. The molecule has 8 heteroatoms. The van der Waals surface area contributed by atoms with Crippen molar-refractivity contribution < 1.29 is 22.7 Å². The molecule has 0 aromatic rings. The third kappa shape index (κ3) is 5.02. The highest BCUT2D eigenvalue weighted by Gasteiger charge is 2.33. The minimum Gasteiger partial charge on any atom is -0.466 e. The Labute approximate surface area is 117 Å². The molecule has 1 aliphatic heterocycles. The Morgan fingerprint density at radius 2 is 2.05 bits per heavy atom. The number of amides is 1. The van der Waals surface area contributed by atoms with Crippen LogP contribution in [0.5, 0.6) is 0 Å². The largest absolute Gasteiger partial charge is 0.466 e. The maximum Gasteiger partial charge on any atom is 0.306 e. The van der Waals surface area contributed by atoms with Gasteiger partial charge in [0.2, 0.25) is 5.91 Å². The van der Waals surface area contributed by atoms with Crippen molar-refractivity contribution in [1.29, 1.82) is 0 Å². The smallest absolute Gasteiger partial charge is 0.306 e. The second kappa shape index (κ2) is 7.14. The van der Waals surface area contributed by atoms with Crippen molar-refractivity contribution in [3.8, 4) is 0 Å². The lowest BCUT2D eigenvalue weighted by Crippen LogP contribution is -2.49. The van der Waals surface area contributed by atoms with Gasteiger partial charge in [0.05, 0.1) is 13.0 Å². The molecule has 0 saturated carbocycles. The Bertz CT molecular complexity index is 434. The van der Waals surface area contributed by atoms with Crippen molar-refractivity contribution in [2.75, 3.05) is 30.9 Å². The van der Waals surface area contributed by atoms with Crippen LogP contribution in [0.2, 0.25) is 0 Å². The number of esters is 1. The van der Waals surface area contributed by atoms with Gasteiger partial charge in [-0.25, -0.2) is 8.42 Å². The fraction of sp³-hybridized carbons (Fsp3) is 0.818. The van der Waals surface area contributed by atoms with E-state index in [1.807, 2.05) is 0 Å². The number of ether oxygens (including phenoxy) is 1. The summed E-state index contributed by atoms with van der Waals surface area (Å²) in [5, 5.41) is -0.777. The summed E-state index contributed by atoms with van der Waals surface area (Å²) in [6, 6.07) is 0. The number of carbonyl (C=O) groups excluding carboxylic acids is 2. The van der Waals surface area contributed by atoms with E-state index in [4.69, 9.17) is 4.74 Å². The van der Waals surface area contributed by atoms with Crippen LogP contribution in [0.15, 0.2) is 0 Å². The first-order valence-corrected chi connectivity index (χ1v) is 9.19. The summed E-state index contributed by atoms with van der Waals surface area (Å²) >= 11 is 1.52. The average Bonchev–Trinajstić information content (AvgIpc) is 2.35. The highest BCUT2D eigenvalue weighted by Crippen LogP contribution is 2.21. The fourth-order valence-corrected chi connectivity index (χ4v) is 4.64. The van der Waals surface area contributed by atoms with Crippen molar-refractivity contribution >= 4 is 33.5 Å². The van der Waals surface area contributed by atoms with Gasteiger partial charge in [-0.05, 0) is 6.92 Å². The lowest BCUT2D eigenvalue weighted by Gasteiger charge is -2.34. The third-order valence-electron chi connectivity index (χ3n) is 2.75. The van der Waals surface area contributed by atoms with E-state index in [1.165, 1.54) is 16.7 Å². The van der Waals surface area contributed by atoms with Crippen LogP contribution in [0, 0.1) is 0 Å². The van der Waals surface area contributed by atoms with Gasteiger partial charge in [-0.2, -0.15) is 11.8 Å². The van der Waals surface area contributed by atoms with E-state index >= 15 is 0 Å². The van der Waals surface area contributed by atoms with Gasteiger partial charge in [-0.15, -0.1) is 0 Å². The van der Waals surface area contributed by atoms with Gasteiger partial charge in [0.25, 0.3) is 0 Å². The van der Waals surface area contributed by atoms with Gasteiger partial charge in [0.15, 0.2) is 9.84 Å². The van der Waals surface area contributed by atoms with Gasteiger partial charge < -0.3 is 9.64 Å². The summed E-state index contributed by atoms with van der Waals surface area (Å²) in [6.45, 7) is 2.38. The van der Waals surface area contributed by atoms with Gasteiger partial charge >= 0.3 is 5.97 Å². The molecule has 1 saturated heterocycles. The normalized spacial score (nSPS) is 20.1. The Kier molecular flexibility index (Phi) is 6.12. The van der Waals surface area contributed by atoms with Crippen LogP contribution in [0.3, 0.4) is 0 Å². The molecule has 0 aromatic carbocycles. The molecule has 1 unspecified atom stereocenters. The minimum absolute atomic E-state index is 0.00444. The molecule has 19 heavy (non-hydrogen) atoms. The monoisotopic (exact) mass is 309 g/mol. The topological polar surface area (TPSA) is 80.8 Å². The van der Waals surface area contributed by atoms with Crippen LogP contribution in [0.1, 0.15) is 19.8 Å². The molecule has 1 aliphatic rings. The molecule has 0 spiro atoms. The number of thioether (sulfide) groups is 1. The predicted octanol–water partition coefficient (Wildman–Crippen LogP) is 0.276. The van der Waals surface area contributed by atoms with Crippen LogP contribution >= 0.6 is 11.8 Å². The highest BCUT2D eigenvalue weighted by molar-refractivity contribution is 8.00. The standard InChI is InChI=1S/C11H19NO5S2/c1-3-17-11(14)5-4-9(13)12-6-7-18-8-10(12)19(2,15)16/h10H,3-8H2,1-2H3. The molecular weight excluding hydrogens is 290 g/mol. The average molecular weight is 309 g/mol. The van der Waals surface area contributed by atoms with Crippen LogP contribution in [-0.2, 0) is 24.2 Å². The highest BCUT2D eigenvalue weighted by atomic mass is 32.2. The molecule has 0 N–H and O–H groups in total. The number of rotatable bonds is 5. The maximum absolute atomic E-state index is 12.0. The molecular formula is C11H19NO5S2. The first-order valence-electron chi connectivity index (χ1n) is 6.08. The molecule has 110 valence electrons. The summed E-state index contributed by atoms with van der Waals surface area (Å²) in [5.74, 6) is 0.378. The van der Waals surface area contributed by atoms with Crippen LogP contribution in [0.4, 0.5) is 0 Å². The Hall–Kier alpha value is -0.760. The molecule has 1 amide bonds. The first-order chi connectivity index (χ1) is 8.86. The van der Waals surface area contributed by atoms with E-state index < -0.39 is 21.2 Å². The Morgan fingerprint density at radius 3 is 2.63 bits per heavy atom. The number of nitrogens with zero attached hydrogens (tertiary/aromatic N) is 1. The zero-order valence-electron chi connectivity index (χ0n) is 11.1. The van der Waals surface area contributed by atoms with E-state index in [-0.39, 0.29) is 25.4 Å². The number of carbonyl (C=O) groups is 2. The quantitative estimate of drug-likeness (QED) is 0.678. The molecule has 0 aliphatic carbocycles. The Balaban J connectivity index is 2.60. The zero-order valence-corrected chi connectivity index (χ0v) is 12.8. The third-order valence-corrected chi connectivity index (χ3v) is 5.39. The number of hydrogen-bond donors (Lipinski definition) is 0. The van der Waals surface area contributed by atoms with Crippen molar-refractivity contribution in [3.05, 3.63) is 0 Å². The van der Waals surface area contributed by atoms with E-state index in [0.717, 1.165) is 12.0 Å². The molecule has 0 aromatic heterocycles. The van der Waals surface area contributed by atoms with Gasteiger partial charge in [-0.3, -0.25) is 9.59 Å². The first kappa shape index (κ1) is 16.3. The molecule has 0 radical (unpaired) electrons. The van der Waals surface area contributed by atoms with Crippen molar-refractivity contribution in [2.24, 2.45) is 0 Å². The number of sulfone groups is 1. The second-order valence-corrected chi connectivity index (χ2v) is 7.60. The maximum atomic E-state index is 12.0. The summed E-state index contributed by atoms with van der Waals surface area (Å²) in [6.07, 6.45) is 1.12. The summed E-state index contributed by atoms with van der Waals surface area (Å²) < 4.78 is 28.0. The lowest BCUT2D eigenvalue weighted by atomic mass is 10.2. The zero-order chi connectivity index (χ0) is 14.5. The van der Waals surface area contributed by atoms with E-state index in [1.54, 1.807) is 6.92 Å².